The molecule has 0 aliphatic heterocycles. The minimum absolute atomic E-state index is 0.0119. The van der Waals surface area contributed by atoms with Crippen molar-refractivity contribution >= 4 is 23.2 Å². The number of amides is 2. The summed E-state index contributed by atoms with van der Waals surface area (Å²) in [4.78, 5) is 23.3. The number of carbonyl (C=O) groups excluding carboxylic acids is 2. The van der Waals surface area contributed by atoms with Crippen molar-refractivity contribution in [2.45, 2.75) is 13.1 Å². The minimum atomic E-state index is -4.44. The molecule has 0 radical (unpaired) electrons. The number of alkyl halides is 3. The van der Waals surface area contributed by atoms with E-state index in [2.05, 4.69) is 15.4 Å². The highest BCUT2D eigenvalue weighted by Gasteiger charge is 2.28. The molecule has 2 amide bonds. The molecule has 0 spiro atoms. The van der Waals surface area contributed by atoms with Gasteiger partial charge in [0.05, 0.1) is 0 Å². The molecule has 0 bridgehead atoms. The summed E-state index contributed by atoms with van der Waals surface area (Å²) in [5.41, 5.74) is 1.03. The lowest BCUT2D eigenvalue weighted by Crippen LogP contribution is -2.19. The van der Waals surface area contributed by atoms with Crippen LogP contribution in [0, 0.1) is 0 Å². The molecule has 2 aromatic carbocycles. The van der Waals surface area contributed by atoms with Crippen molar-refractivity contribution in [1.82, 2.24) is 0 Å². The van der Waals surface area contributed by atoms with Gasteiger partial charge in [0.15, 0.2) is 6.61 Å². The second kappa shape index (κ2) is 7.69. The van der Waals surface area contributed by atoms with E-state index in [1.165, 1.54) is 37.3 Å². The summed E-state index contributed by atoms with van der Waals surface area (Å²) < 4.78 is 41.2. The molecule has 0 atom stereocenters. The van der Waals surface area contributed by atoms with Gasteiger partial charge in [-0.15, -0.1) is 0 Å². The van der Waals surface area contributed by atoms with E-state index >= 15 is 0 Å². The van der Waals surface area contributed by atoms with Crippen LogP contribution in [-0.2, 0) is 4.79 Å². The summed E-state index contributed by atoms with van der Waals surface area (Å²) in [7, 11) is 0. The van der Waals surface area contributed by atoms with E-state index in [0.29, 0.717) is 5.69 Å². The van der Waals surface area contributed by atoms with Crippen LogP contribution in [0.1, 0.15) is 17.3 Å². The lowest BCUT2D eigenvalue weighted by molar-refractivity contribution is -0.153. The van der Waals surface area contributed by atoms with Gasteiger partial charge in [0, 0.05) is 29.9 Å². The lowest BCUT2D eigenvalue weighted by atomic mass is 10.2. The van der Waals surface area contributed by atoms with Gasteiger partial charge in [-0.25, -0.2) is 0 Å². The molecule has 2 aromatic rings. The van der Waals surface area contributed by atoms with Crippen molar-refractivity contribution in [3.8, 4) is 5.75 Å². The zero-order chi connectivity index (χ0) is 18.4. The van der Waals surface area contributed by atoms with E-state index in [4.69, 9.17) is 0 Å². The standard InChI is InChI=1S/C17H15F3N2O3/c1-11(23)21-13-5-2-4-12(8-13)16(24)22-14-6-3-7-15(9-14)25-10-17(18,19)20/h2-9H,10H2,1H3,(H,21,23)(H,22,24). The monoisotopic (exact) mass is 352 g/mol. The fourth-order valence-electron chi connectivity index (χ4n) is 1.97. The maximum Gasteiger partial charge on any atom is 0.422 e. The summed E-state index contributed by atoms with van der Waals surface area (Å²) in [5.74, 6) is -0.755. The predicted octanol–water partition coefficient (Wildman–Crippen LogP) is 3.84. The summed E-state index contributed by atoms with van der Waals surface area (Å²) in [5, 5.41) is 5.12. The van der Waals surface area contributed by atoms with Crippen molar-refractivity contribution in [1.29, 1.82) is 0 Å². The SMILES string of the molecule is CC(=O)Nc1cccc(C(=O)Nc2cccc(OCC(F)(F)F)c2)c1. The third-order valence-electron chi connectivity index (χ3n) is 2.94. The molecule has 0 heterocycles. The quantitative estimate of drug-likeness (QED) is 0.859. The molecule has 0 fully saturated rings. The first-order valence-electron chi connectivity index (χ1n) is 7.21. The van der Waals surface area contributed by atoms with Gasteiger partial charge < -0.3 is 15.4 Å². The van der Waals surface area contributed by atoms with Gasteiger partial charge in [0.25, 0.3) is 5.91 Å². The van der Waals surface area contributed by atoms with E-state index in [1.54, 1.807) is 18.2 Å². The molecule has 0 aliphatic rings. The summed E-state index contributed by atoms with van der Waals surface area (Å²) in [6.07, 6.45) is -4.44. The van der Waals surface area contributed by atoms with Crippen molar-refractivity contribution in [3.63, 3.8) is 0 Å². The van der Waals surface area contributed by atoms with Crippen LogP contribution in [0.15, 0.2) is 48.5 Å². The van der Waals surface area contributed by atoms with Crippen LogP contribution in [0.2, 0.25) is 0 Å². The van der Waals surface area contributed by atoms with E-state index in [0.717, 1.165) is 0 Å². The summed E-state index contributed by atoms with van der Waals surface area (Å²) in [6.45, 7) is -0.0671. The zero-order valence-electron chi connectivity index (χ0n) is 13.2. The van der Waals surface area contributed by atoms with Crippen molar-refractivity contribution in [2.75, 3.05) is 17.2 Å². The molecule has 2 N–H and O–H groups in total. The normalized spacial score (nSPS) is 10.9. The third-order valence-corrected chi connectivity index (χ3v) is 2.94. The Morgan fingerprint density at radius 2 is 1.64 bits per heavy atom. The van der Waals surface area contributed by atoms with Gasteiger partial charge >= 0.3 is 6.18 Å². The van der Waals surface area contributed by atoms with Crippen molar-refractivity contribution in [3.05, 3.63) is 54.1 Å². The van der Waals surface area contributed by atoms with Crippen molar-refractivity contribution < 1.29 is 27.5 Å². The molecular formula is C17H15F3N2O3. The number of rotatable bonds is 5. The van der Waals surface area contributed by atoms with Crippen LogP contribution in [0.3, 0.4) is 0 Å². The Labute approximate surface area is 141 Å². The number of benzene rings is 2. The average molecular weight is 352 g/mol. The topological polar surface area (TPSA) is 67.4 Å². The smallest absolute Gasteiger partial charge is 0.422 e. The van der Waals surface area contributed by atoms with E-state index in [9.17, 15) is 22.8 Å². The van der Waals surface area contributed by atoms with Crippen LogP contribution in [0.25, 0.3) is 0 Å². The fraction of sp³-hybridized carbons (Fsp3) is 0.176. The Hall–Kier alpha value is -3.03. The number of halogens is 3. The highest BCUT2D eigenvalue weighted by Crippen LogP contribution is 2.22. The molecule has 5 nitrogen and oxygen atoms in total. The number of nitrogens with one attached hydrogen (secondary N) is 2. The number of hydrogen-bond donors (Lipinski definition) is 2. The van der Waals surface area contributed by atoms with Crippen LogP contribution in [0.4, 0.5) is 24.5 Å². The van der Waals surface area contributed by atoms with Gasteiger partial charge in [0.1, 0.15) is 5.75 Å². The molecule has 0 saturated carbocycles. The Morgan fingerprint density at radius 3 is 2.28 bits per heavy atom. The molecular weight excluding hydrogens is 337 g/mol. The van der Waals surface area contributed by atoms with Gasteiger partial charge in [-0.1, -0.05) is 12.1 Å². The third kappa shape index (κ3) is 6.17. The molecule has 25 heavy (non-hydrogen) atoms. The molecule has 2 rings (SSSR count). The Balaban J connectivity index is 2.06. The first-order valence-corrected chi connectivity index (χ1v) is 7.21. The van der Waals surface area contributed by atoms with Gasteiger partial charge in [-0.3, -0.25) is 9.59 Å². The summed E-state index contributed by atoms with van der Waals surface area (Å²) in [6, 6.07) is 11.9. The van der Waals surface area contributed by atoms with Crippen LogP contribution < -0.4 is 15.4 Å². The van der Waals surface area contributed by atoms with Crippen LogP contribution in [0.5, 0.6) is 5.75 Å². The number of carbonyl (C=O) groups is 2. The number of ether oxygens (including phenoxy) is 1. The lowest BCUT2D eigenvalue weighted by Gasteiger charge is -2.11. The first-order chi connectivity index (χ1) is 11.7. The minimum Gasteiger partial charge on any atom is -0.484 e. The highest BCUT2D eigenvalue weighted by atomic mass is 19.4. The maximum atomic E-state index is 12.2. The Kier molecular flexibility index (Phi) is 5.63. The maximum absolute atomic E-state index is 12.2. The van der Waals surface area contributed by atoms with E-state index in [-0.39, 0.29) is 22.9 Å². The Bertz CT molecular complexity index is 776. The van der Waals surface area contributed by atoms with Gasteiger partial charge in [-0.05, 0) is 30.3 Å². The molecule has 0 saturated heterocycles. The largest absolute Gasteiger partial charge is 0.484 e. The fourth-order valence-corrected chi connectivity index (χ4v) is 1.97. The molecule has 8 heteroatoms. The molecule has 132 valence electrons. The van der Waals surface area contributed by atoms with Crippen molar-refractivity contribution in [2.24, 2.45) is 0 Å². The molecule has 0 aliphatic carbocycles. The Morgan fingerprint density at radius 1 is 1.00 bits per heavy atom. The second-order valence-corrected chi connectivity index (χ2v) is 5.15. The van der Waals surface area contributed by atoms with Crippen LogP contribution >= 0.6 is 0 Å². The van der Waals surface area contributed by atoms with Crippen LogP contribution in [-0.4, -0.2) is 24.6 Å². The highest BCUT2D eigenvalue weighted by molar-refractivity contribution is 6.05. The van der Waals surface area contributed by atoms with E-state index < -0.39 is 18.7 Å². The number of hydrogen-bond acceptors (Lipinski definition) is 3. The predicted molar refractivity (Wildman–Crippen MR) is 86.7 cm³/mol. The molecule has 0 unspecified atom stereocenters. The zero-order valence-corrected chi connectivity index (χ0v) is 13.2. The molecule has 0 aromatic heterocycles. The average Bonchev–Trinajstić information content (AvgIpc) is 2.52. The van der Waals surface area contributed by atoms with Gasteiger partial charge in [0.2, 0.25) is 5.91 Å². The van der Waals surface area contributed by atoms with Gasteiger partial charge in [-0.2, -0.15) is 13.2 Å². The summed E-state index contributed by atoms with van der Waals surface area (Å²) >= 11 is 0. The second-order valence-electron chi connectivity index (χ2n) is 5.15. The van der Waals surface area contributed by atoms with E-state index in [1.807, 2.05) is 0 Å². The number of anilines is 2. The first kappa shape index (κ1) is 18.3.